The van der Waals surface area contributed by atoms with Crippen molar-refractivity contribution >= 4 is 32.9 Å². The summed E-state index contributed by atoms with van der Waals surface area (Å²) in [7, 11) is 0. The van der Waals surface area contributed by atoms with E-state index in [9.17, 15) is 0 Å². The first-order chi connectivity index (χ1) is 2.41. The van der Waals surface area contributed by atoms with E-state index in [0.29, 0.717) is 0 Å². The summed E-state index contributed by atoms with van der Waals surface area (Å²) in [4.78, 5) is 0. The van der Waals surface area contributed by atoms with Gasteiger partial charge in [0.05, 0.1) is 16.3 Å². The molecule has 1 nitrogen and oxygen atoms in total. The molecule has 0 heterocycles. The van der Waals surface area contributed by atoms with Gasteiger partial charge in [0.25, 0.3) is 0 Å². The molecule has 0 bridgehead atoms. The molecule has 4 radical (unpaired) electrons. The van der Waals surface area contributed by atoms with Crippen molar-refractivity contribution in [1.29, 1.82) is 0 Å². The predicted octanol–water partition coefficient (Wildman–Crippen LogP) is -0.165. The molecule has 0 aliphatic heterocycles. The Balaban J connectivity index is -0.00000000800. The molecule has 8 heteroatoms. The van der Waals surface area contributed by atoms with Crippen LogP contribution in [0, 0.1) is 162 Å². The molecule has 0 saturated heterocycles. The van der Waals surface area contributed by atoms with Crippen LogP contribution in [0.2, 0.25) is 5.28 Å². The number of hydrogen-bond donors (Lipinski definition) is 0. The fourth-order valence-electron chi connectivity index (χ4n) is 0.0556. The van der Waals surface area contributed by atoms with Crippen LogP contribution in [0.3, 0.4) is 0 Å². The molecule has 0 aliphatic carbocycles. The Labute approximate surface area is 198 Å². The fraction of sp³-hybridized carbons (Fsp3) is 0.500. The Morgan fingerprint density at radius 2 is 1.30 bits per heavy atom. The maximum Gasteiger partial charge on any atom is 0.331 e. The normalized spacial score (nSPS) is 4.00. The minimum Gasteiger partial charge on any atom is -0.689 e. The van der Waals surface area contributed by atoms with Gasteiger partial charge in [-0.25, -0.2) is 5.28 Å². The third-order valence-corrected chi connectivity index (χ3v) is 0.577. The Hall–Kier alpha value is 6.28. The Morgan fingerprint density at radius 1 is 1.00 bits per heavy atom. The number of hydrogen-bond acceptors (Lipinski definition) is 1. The van der Waals surface area contributed by atoms with Crippen molar-refractivity contribution in [1.82, 2.24) is 0 Å². The van der Waals surface area contributed by atoms with Crippen molar-refractivity contribution in [2.24, 2.45) is 0 Å². The minimum absolute atomic E-state index is 0. The zero-order valence-corrected chi connectivity index (χ0v) is 28.5. The van der Waals surface area contributed by atoms with Crippen LogP contribution in [0.15, 0.2) is 0 Å². The van der Waals surface area contributed by atoms with Crippen molar-refractivity contribution in [3.8, 4) is 0 Å². The van der Waals surface area contributed by atoms with E-state index in [1.807, 2.05) is 0 Å². The average molecular weight is 1290 g/mol. The molecule has 0 atom stereocenters. The van der Waals surface area contributed by atoms with E-state index in [2.05, 4.69) is 36.7 Å². The van der Waals surface area contributed by atoms with Gasteiger partial charge in [0, 0.05) is 156 Å². The molecule has 0 aromatic heterocycles. The molecule has 0 amide bonds. The molecule has 0 aromatic carbocycles. The molecule has 0 fully saturated rings. The van der Waals surface area contributed by atoms with Crippen LogP contribution in [0.1, 0.15) is 0 Å². The molecule has 10 heavy (non-hydrogen) atoms. The van der Waals surface area contributed by atoms with E-state index < -0.39 is 0 Å². The standard InChI is InChI=1S/C2H3O.2Al.5U/c1-2-3;;;;;;;/h2H,1H2;;;;;;;/q-2;;+1;;;;;. The van der Waals surface area contributed by atoms with Crippen LogP contribution in [0.25, 0.3) is 0 Å². The SMILES string of the molecule is [Al][CH2][CH-][O][Al].[U].[U].[U].[U].[U]. The van der Waals surface area contributed by atoms with Gasteiger partial charge in [-0.15, -0.1) is 0 Å². The van der Waals surface area contributed by atoms with E-state index >= 15 is 0 Å². The molecule has 0 N–H and O–H groups in total. The van der Waals surface area contributed by atoms with Crippen LogP contribution in [-0.4, -0.2) is 32.9 Å². The van der Waals surface area contributed by atoms with Crippen molar-refractivity contribution in [3.05, 3.63) is 6.61 Å². The first-order valence-corrected chi connectivity index (χ1v) is 2.58. The smallest absolute Gasteiger partial charge is 0.331 e. The second-order valence-corrected chi connectivity index (χ2v) is 1.28. The second-order valence-electron chi connectivity index (χ2n) is 0.538. The third-order valence-electron chi connectivity index (χ3n) is 0.192. The largest absolute Gasteiger partial charge is 0.689 e. The van der Waals surface area contributed by atoms with E-state index in [1.165, 1.54) is 0 Å². The minimum atomic E-state index is 0. The van der Waals surface area contributed by atoms with Crippen LogP contribution < -0.4 is 0 Å². The monoisotopic (exact) mass is 1290 g/mol. The van der Waals surface area contributed by atoms with Gasteiger partial charge >= 0.3 is 16.6 Å². The van der Waals surface area contributed by atoms with Gasteiger partial charge in [0.1, 0.15) is 0 Å². The third kappa shape index (κ3) is 36.7. The molecular formula is C2H3Al2OU5-. The van der Waals surface area contributed by atoms with Gasteiger partial charge in [0.15, 0.2) is 0 Å². The first-order valence-electron chi connectivity index (χ1n) is 1.29. The Kier molecular flexibility index (Phi) is 130. The summed E-state index contributed by atoms with van der Waals surface area (Å²) in [5, 5.41) is 0.892. The van der Waals surface area contributed by atoms with Gasteiger partial charge in [-0.1, -0.05) is 0 Å². The summed E-state index contributed by atoms with van der Waals surface area (Å²) in [6.45, 7) is 1.68. The van der Waals surface area contributed by atoms with Gasteiger partial charge in [-0.3, -0.25) is 6.61 Å². The van der Waals surface area contributed by atoms with Gasteiger partial charge in [0.2, 0.25) is 0 Å². The summed E-state index contributed by atoms with van der Waals surface area (Å²) in [6, 6.07) is 0. The van der Waals surface area contributed by atoms with Crippen LogP contribution in [0.5, 0.6) is 0 Å². The summed E-state index contributed by atoms with van der Waals surface area (Å²) in [5.74, 6) is 0. The molecule has 0 aromatic rings. The Morgan fingerprint density at radius 3 is 1.30 bits per heavy atom. The molecule has 44 valence electrons. The van der Waals surface area contributed by atoms with Crippen molar-refractivity contribution in [2.75, 3.05) is 0 Å². The van der Waals surface area contributed by atoms with Crippen molar-refractivity contribution in [3.63, 3.8) is 0 Å². The van der Waals surface area contributed by atoms with E-state index in [-0.39, 0.29) is 156 Å². The maximum atomic E-state index is 4.46. The van der Waals surface area contributed by atoms with Gasteiger partial charge in [-0.05, 0) is 0 Å². The summed E-state index contributed by atoms with van der Waals surface area (Å²) >= 11 is 4.64. The first kappa shape index (κ1) is 36.0. The second kappa shape index (κ2) is 36.2. The van der Waals surface area contributed by atoms with Crippen LogP contribution in [-0.2, 0) is 3.79 Å². The van der Waals surface area contributed by atoms with Gasteiger partial charge in [-0.2, -0.15) is 0 Å². The zero-order valence-electron chi connectivity index (χ0n) is 5.35. The summed E-state index contributed by atoms with van der Waals surface area (Å²) < 4.78 is 4.46. The fourth-order valence-corrected chi connectivity index (χ4v) is 0.500. The van der Waals surface area contributed by atoms with E-state index in [4.69, 9.17) is 0 Å². The topological polar surface area (TPSA) is 9.23 Å². The summed E-state index contributed by atoms with van der Waals surface area (Å²) in [6.07, 6.45) is 0. The van der Waals surface area contributed by atoms with Crippen LogP contribution in [0.4, 0.5) is 0 Å². The summed E-state index contributed by atoms with van der Waals surface area (Å²) in [5.41, 5.74) is 0. The quantitative estimate of drug-likeness (QED) is 0.277. The average Bonchev–Trinajstić information content (AvgIpc) is 1.41. The molecular weight excluding hydrogens is 1280 g/mol. The maximum absolute atomic E-state index is 4.46. The van der Waals surface area contributed by atoms with Gasteiger partial charge < -0.3 is 3.79 Å². The molecule has 0 rings (SSSR count). The number of rotatable bonds is 2. The van der Waals surface area contributed by atoms with E-state index in [1.54, 1.807) is 6.61 Å². The van der Waals surface area contributed by atoms with Crippen molar-refractivity contribution in [2.45, 2.75) is 5.28 Å². The molecule has 0 spiro atoms. The van der Waals surface area contributed by atoms with Crippen molar-refractivity contribution < 1.29 is 159 Å². The molecule has 0 unspecified atom stereocenters. The van der Waals surface area contributed by atoms with Crippen LogP contribution >= 0.6 is 0 Å². The molecule has 0 saturated carbocycles. The molecule has 0 aliphatic rings. The zero-order chi connectivity index (χ0) is 4.12. The predicted molar refractivity (Wildman–Crippen MR) is 21.7 cm³/mol. The Bertz CT molecular complexity index is 25.1. The van der Waals surface area contributed by atoms with E-state index in [0.717, 1.165) is 5.28 Å².